The maximum absolute atomic E-state index is 13.5. The molecule has 0 N–H and O–H groups in total. The van der Waals surface area contributed by atoms with Crippen LogP contribution in [0.2, 0.25) is 0 Å². The van der Waals surface area contributed by atoms with Crippen molar-refractivity contribution >= 4 is 5.91 Å². The number of carbonyl (C=O) groups excluding carboxylic acids is 1. The van der Waals surface area contributed by atoms with Crippen LogP contribution in [-0.4, -0.2) is 17.9 Å². The van der Waals surface area contributed by atoms with Crippen LogP contribution >= 0.6 is 0 Å². The summed E-state index contributed by atoms with van der Waals surface area (Å²) < 4.78 is 19.1. The fourth-order valence-electron chi connectivity index (χ4n) is 2.33. The number of amides is 1. The lowest BCUT2D eigenvalue weighted by molar-refractivity contribution is 0.0816. The first-order valence-electron chi connectivity index (χ1n) is 6.35. The van der Waals surface area contributed by atoms with Gasteiger partial charge in [-0.3, -0.25) is 4.79 Å². The van der Waals surface area contributed by atoms with Gasteiger partial charge in [-0.2, -0.15) is 5.26 Å². The van der Waals surface area contributed by atoms with Crippen LogP contribution in [0.3, 0.4) is 0 Å². The van der Waals surface area contributed by atoms with E-state index < -0.39 is 5.82 Å². The van der Waals surface area contributed by atoms with Crippen LogP contribution in [0, 0.1) is 17.1 Å². The average Bonchev–Trinajstić information content (AvgIpc) is 2.74. The Morgan fingerprint density at radius 3 is 2.90 bits per heavy atom. The van der Waals surface area contributed by atoms with Gasteiger partial charge in [0.25, 0.3) is 5.91 Å². The van der Waals surface area contributed by atoms with Crippen molar-refractivity contribution in [3.8, 4) is 17.6 Å². The lowest BCUT2D eigenvalue weighted by atomic mass is 10.1. The molecule has 2 aromatic rings. The van der Waals surface area contributed by atoms with Crippen molar-refractivity contribution in [3.05, 3.63) is 58.9 Å². The Labute approximate surface area is 121 Å². The molecule has 0 atom stereocenters. The van der Waals surface area contributed by atoms with E-state index in [2.05, 4.69) is 0 Å². The van der Waals surface area contributed by atoms with Gasteiger partial charge in [-0.25, -0.2) is 4.39 Å². The van der Waals surface area contributed by atoms with E-state index in [1.807, 2.05) is 0 Å². The summed E-state index contributed by atoms with van der Waals surface area (Å²) in [6, 6.07) is 11.1. The SMILES string of the molecule is CN1Cc2cc(Oc3cccc(F)c3C#N)ccc2C1=O. The van der Waals surface area contributed by atoms with Crippen LogP contribution in [0.1, 0.15) is 21.5 Å². The molecule has 0 aliphatic carbocycles. The van der Waals surface area contributed by atoms with Gasteiger partial charge in [-0.1, -0.05) is 6.07 Å². The Kier molecular flexibility index (Phi) is 3.07. The van der Waals surface area contributed by atoms with E-state index in [1.54, 1.807) is 36.2 Å². The summed E-state index contributed by atoms with van der Waals surface area (Å²) >= 11 is 0. The molecule has 0 bridgehead atoms. The maximum atomic E-state index is 13.5. The molecule has 0 fully saturated rings. The molecule has 0 saturated heterocycles. The molecule has 1 aliphatic rings. The van der Waals surface area contributed by atoms with Gasteiger partial charge in [0, 0.05) is 19.2 Å². The number of carbonyl (C=O) groups is 1. The summed E-state index contributed by atoms with van der Waals surface area (Å²) in [4.78, 5) is 13.4. The lowest BCUT2D eigenvalue weighted by Gasteiger charge is -2.08. The Balaban J connectivity index is 1.95. The third kappa shape index (κ3) is 2.21. The Bertz CT molecular complexity index is 780. The normalized spacial score (nSPS) is 13.0. The van der Waals surface area contributed by atoms with Crippen molar-refractivity contribution < 1.29 is 13.9 Å². The molecule has 5 heteroatoms. The van der Waals surface area contributed by atoms with Crippen molar-refractivity contribution in [2.45, 2.75) is 6.54 Å². The summed E-state index contributed by atoms with van der Waals surface area (Å²) in [6.45, 7) is 0.514. The first-order chi connectivity index (χ1) is 10.1. The highest BCUT2D eigenvalue weighted by Crippen LogP contribution is 2.30. The highest BCUT2D eigenvalue weighted by atomic mass is 19.1. The van der Waals surface area contributed by atoms with Crippen LogP contribution in [0.4, 0.5) is 4.39 Å². The molecule has 3 rings (SSSR count). The van der Waals surface area contributed by atoms with E-state index in [9.17, 15) is 9.18 Å². The highest BCUT2D eigenvalue weighted by Gasteiger charge is 2.24. The van der Waals surface area contributed by atoms with Crippen LogP contribution in [0.25, 0.3) is 0 Å². The molecule has 0 unspecified atom stereocenters. The number of fused-ring (bicyclic) bond motifs is 1. The molecule has 1 amide bonds. The number of hydrogen-bond acceptors (Lipinski definition) is 3. The molecule has 0 aromatic heterocycles. The molecule has 1 heterocycles. The topological polar surface area (TPSA) is 53.3 Å². The molecule has 104 valence electrons. The van der Waals surface area contributed by atoms with Crippen LogP contribution in [-0.2, 0) is 6.54 Å². The standard InChI is InChI=1S/C16H11FN2O2/c1-19-9-10-7-11(5-6-12(10)16(19)20)21-15-4-2-3-14(17)13(15)8-18/h2-7H,9H2,1H3. The summed E-state index contributed by atoms with van der Waals surface area (Å²) in [7, 11) is 1.73. The van der Waals surface area contributed by atoms with Crippen LogP contribution in [0.5, 0.6) is 11.5 Å². The summed E-state index contributed by atoms with van der Waals surface area (Å²) in [5, 5.41) is 8.98. The molecule has 1 aliphatic heterocycles. The zero-order valence-corrected chi connectivity index (χ0v) is 11.3. The van der Waals surface area contributed by atoms with Gasteiger partial charge in [0.15, 0.2) is 0 Å². The first kappa shape index (κ1) is 13.1. The van der Waals surface area contributed by atoms with Gasteiger partial charge < -0.3 is 9.64 Å². The molecular formula is C16H11FN2O2. The second kappa shape index (κ2) is 4.91. The smallest absolute Gasteiger partial charge is 0.254 e. The molecule has 21 heavy (non-hydrogen) atoms. The molecule has 0 spiro atoms. The number of nitrogens with zero attached hydrogens (tertiary/aromatic N) is 2. The molecule has 2 aromatic carbocycles. The minimum atomic E-state index is -0.619. The summed E-state index contributed by atoms with van der Waals surface area (Å²) in [5.41, 5.74) is 1.37. The number of benzene rings is 2. The van der Waals surface area contributed by atoms with Gasteiger partial charge in [0.05, 0.1) is 0 Å². The summed E-state index contributed by atoms with van der Waals surface area (Å²) in [5.74, 6) is -0.0137. The van der Waals surface area contributed by atoms with E-state index in [1.165, 1.54) is 18.2 Å². The number of rotatable bonds is 2. The second-order valence-electron chi connectivity index (χ2n) is 4.81. The van der Waals surface area contributed by atoms with E-state index in [0.717, 1.165) is 5.56 Å². The van der Waals surface area contributed by atoms with E-state index >= 15 is 0 Å². The van der Waals surface area contributed by atoms with Crippen molar-refractivity contribution in [2.24, 2.45) is 0 Å². The number of nitriles is 1. The molecule has 0 radical (unpaired) electrons. The minimum Gasteiger partial charge on any atom is -0.456 e. The Morgan fingerprint density at radius 1 is 1.33 bits per heavy atom. The monoisotopic (exact) mass is 282 g/mol. The third-order valence-corrected chi connectivity index (χ3v) is 3.38. The number of ether oxygens (including phenoxy) is 1. The fraction of sp³-hybridized carbons (Fsp3) is 0.125. The van der Waals surface area contributed by atoms with E-state index in [0.29, 0.717) is 17.9 Å². The molecule has 0 saturated carbocycles. The van der Waals surface area contributed by atoms with Crippen molar-refractivity contribution in [2.75, 3.05) is 7.05 Å². The van der Waals surface area contributed by atoms with Crippen LogP contribution in [0.15, 0.2) is 36.4 Å². The van der Waals surface area contributed by atoms with Crippen molar-refractivity contribution in [1.82, 2.24) is 4.90 Å². The predicted molar refractivity (Wildman–Crippen MR) is 73.4 cm³/mol. The van der Waals surface area contributed by atoms with E-state index in [4.69, 9.17) is 10.00 Å². The van der Waals surface area contributed by atoms with Gasteiger partial charge >= 0.3 is 0 Å². The van der Waals surface area contributed by atoms with Gasteiger partial charge in [-0.05, 0) is 35.9 Å². The molecule has 4 nitrogen and oxygen atoms in total. The van der Waals surface area contributed by atoms with Crippen molar-refractivity contribution in [1.29, 1.82) is 5.26 Å². The lowest BCUT2D eigenvalue weighted by Crippen LogP contribution is -2.17. The number of hydrogen-bond donors (Lipinski definition) is 0. The van der Waals surface area contributed by atoms with Crippen molar-refractivity contribution in [3.63, 3.8) is 0 Å². The van der Waals surface area contributed by atoms with Gasteiger partial charge in [0.1, 0.15) is 28.9 Å². The zero-order valence-electron chi connectivity index (χ0n) is 11.3. The van der Waals surface area contributed by atoms with Crippen LogP contribution < -0.4 is 4.74 Å². The zero-order chi connectivity index (χ0) is 15.0. The first-order valence-corrected chi connectivity index (χ1v) is 6.35. The Morgan fingerprint density at radius 2 is 2.14 bits per heavy atom. The third-order valence-electron chi connectivity index (χ3n) is 3.38. The largest absolute Gasteiger partial charge is 0.456 e. The van der Waals surface area contributed by atoms with E-state index in [-0.39, 0.29) is 17.2 Å². The Hall–Kier alpha value is -2.87. The highest BCUT2D eigenvalue weighted by molar-refractivity contribution is 5.98. The maximum Gasteiger partial charge on any atom is 0.254 e. The number of halogens is 1. The molecular weight excluding hydrogens is 271 g/mol. The quantitative estimate of drug-likeness (QED) is 0.850. The van der Waals surface area contributed by atoms with Gasteiger partial charge in [0.2, 0.25) is 0 Å². The minimum absolute atomic E-state index is 0.0278. The predicted octanol–water partition coefficient (Wildman–Crippen LogP) is 3.08. The van der Waals surface area contributed by atoms with Gasteiger partial charge in [-0.15, -0.1) is 0 Å². The average molecular weight is 282 g/mol. The fourth-order valence-corrected chi connectivity index (χ4v) is 2.33. The second-order valence-corrected chi connectivity index (χ2v) is 4.81. The summed E-state index contributed by atoms with van der Waals surface area (Å²) in [6.07, 6.45) is 0.